The zero-order chi connectivity index (χ0) is 14.4. The van der Waals surface area contributed by atoms with Gasteiger partial charge in [-0.25, -0.2) is 0 Å². The van der Waals surface area contributed by atoms with Gasteiger partial charge >= 0.3 is 0 Å². The van der Waals surface area contributed by atoms with E-state index in [0.717, 1.165) is 10.0 Å². The molecule has 0 atom stereocenters. The molecule has 1 rings (SSSR count). The number of amides is 2. The van der Waals surface area contributed by atoms with Gasteiger partial charge in [0.25, 0.3) is 5.91 Å². The summed E-state index contributed by atoms with van der Waals surface area (Å²) in [6.45, 7) is 7.12. The van der Waals surface area contributed by atoms with Crippen LogP contribution in [0, 0.1) is 6.92 Å². The summed E-state index contributed by atoms with van der Waals surface area (Å²) in [4.78, 5) is 25.4. The van der Waals surface area contributed by atoms with Crippen LogP contribution in [-0.2, 0) is 4.79 Å². The number of likely N-dealkylation sites (N-methyl/N-ethyl adjacent to an activating group) is 1. The fourth-order valence-electron chi connectivity index (χ4n) is 1.74. The summed E-state index contributed by atoms with van der Waals surface area (Å²) in [6.07, 6.45) is 0. The van der Waals surface area contributed by atoms with Gasteiger partial charge in [-0.15, -0.1) is 0 Å². The summed E-state index contributed by atoms with van der Waals surface area (Å²) in [5.41, 5.74) is 1.61. The molecule has 2 amide bonds. The Morgan fingerprint density at radius 2 is 1.89 bits per heavy atom. The number of aryl methyl sites for hydroxylation is 1. The summed E-state index contributed by atoms with van der Waals surface area (Å²) in [5, 5.41) is 2.65. The van der Waals surface area contributed by atoms with Crippen molar-refractivity contribution in [1.29, 1.82) is 0 Å². The van der Waals surface area contributed by atoms with Crippen molar-refractivity contribution in [2.75, 3.05) is 19.6 Å². The predicted molar refractivity (Wildman–Crippen MR) is 79.1 cm³/mol. The molecular formula is C14H19BrN2O2. The largest absolute Gasteiger partial charge is 0.343 e. The smallest absolute Gasteiger partial charge is 0.252 e. The van der Waals surface area contributed by atoms with Crippen LogP contribution >= 0.6 is 15.9 Å². The summed E-state index contributed by atoms with van der Waals surface area (Å²) >= 11 is 3.35. The van der Waals surface area contributed by atoms with E-state index >= 15 is 0 Å². The van der Waals surface area contributed by atoms with E-state index in [9.17, 15) is 9.59 Å². The molecule has 4 nitrogen and oxygen atoms in total. The molecule has 0 aromatic heterocycles. The van der Waals surface area contributed by atoms with Gasteiger partial charge < -0.3 is 10.2 Å². The SMILES string of the molecule is CCN(CC)C(=O)CNC(=O)c1ccc(C)cc1Br. The molecule has 1 aromatic carbocycles. The number of benzene rings is 1. The number of carbonyl (C=O) groups excluding carboxylic acids is 2. The highest BCUT2D eigenvalue weighted by molar-refractivity contribution is 9.10. The Hall–Kier alpha value is -1.36. The maximum Gasteiger partial charge on any atom is 0.252 e. The van der Waals surface area contributed by atoms with E-state index < -0.39 is 0 Å². The van der Waals surface area contributed by atoms with E-state index in [1.165, 1.54) is 0 Å². The van der Waals surface area contributed by atoms with Crippen molar-refractivity contribution in [2.45, 2.75) is 20.8 Å². The average molecular weight is 327 g/mol. The number of nitrogens with zero attached hydrogens (tertiary/aromatic N) is 1. The molecule has 0 spiro atoms. The first-order chi connectivity index (χ1) is 8.99. The first kappa shape index (κ1) is 15.7. The number of hydrogen-bond donors (Lipinski definition) is 1. The highest BCUT2D eigenvalue weighted by Crippen LogP contribution is 2.18. The molecule has 0 saturated heterocycles. The number of rotatable bonds is 5. The molecule has 0 unspecified atom stereocenters. The molecule has 104 valence electrons. The van der Waals surface area contributed by atoms with Crippen LogP contribution in [0.2, 0.25) is 0 Å². The van der Waals surface area contributed by atoms with Crippen LogP contribution in [0.25, 0.3) is 0 Å². The molecule has 0 saturated carbocycles. The van der Waals surface area contributed by atoms with Crippen molar-refractivity contribution in [3.05, 3.63) is 33.8 Å². The fraction of sp³-hybridized carbons (Fsp3) is 0.429. The molecule has 19 heavy (non-hydrogen) atoms. The minimum Gasteiger partial charge on any atom is -0.343 e. The molecule has 5 heteroatoms. The molecule has 0 bridgehead atoms. The highest BCUT2D eigenvalue weighted by atomic mass is 79.9. The number of hydrogen-bond acceptors (Lipinski definition) is 2. The van der Waals surface area contributed by atoms with Gasteiger partial charge in [0.2, 0.25) is 5.91 Å². The second kappa shape index (κ2) is 7.28. The Balaban J connectivity index is 2.63. The van der Waals surface area contributed by atoms with Crippen LogP contribution in [0.4, 0.5) is 0 Å². The van der Waals surface area contributed by atoms with Gasteiger partial charge in [0.15, 0.2) is 0 Å². The number of nitrogens with one attached hydrogen (secondary N) is 1. The minimum atomic E-state index is -0.243. The number of carbonyl (C=O) groups is 2. The van der Waals surface area contributed by atoms with E-state index in [1.54, 1.807) is 11.0 Å². The Bertz CT molecular complexity index is 471. The van der Waals surface area contributed by atoms with E-state index in [0.29, 0.717) is 18.7 Å². The molecule has 0 fully saturated rings. The molecule has 0 aliphatic carbocycles. The molecule has 1 N–H and O–H groups in total. The van der Waals surface area contributed by atoms with Gasteiger partial charge in [0, 0.05) is 17.6 Å². The van der Waals surface area contributed by atoms with Crippen LogP contribution in [0.1, 0.15) is 29.8 Å². The maximum atomic E-state index is 12.0. The minimum absolute atomic E-state index is 0.0286. The van der Waals surface area contributed by atoms with Crippen molar-refractivity contribution in [3.63, 3.8) is 0 Å². The third-order valence-electron chi connectivity index (χ3n) is 2.89. The lowest BCUT2D eigenvalue weighted by Crippen LogP contribution is -2.40. The monoisotopic (exact) mass is 326 g/mol. The lowest BCUT2D eigenvalue weighted by molar-refractivity contribution is -0.129. The zero-order valence-corrected chi connectivity index (χ0v) is 13.1. The van der Waals surface area contributed by atoms with Crippen molar-refractivity contribution < 1.29 is 9.59 Å². The molecule has 0 radical (unpaired) electrons. The molecule has 0 aliphatic heterocycles. The first-order valence-corrected chi connectivity index (χ1v) is 7.11. The van der Waals surface area contributed by atoms with Gasteiger partial charge in [-0.05, 0) is 54.4 Å². The lowest BCUT2D eigenvalue weighted by atomic mass is 10.1. The van der Waals surface area contributed by atoms with Crippen molar-refractivity contribution in [3.8, 4) is 0 Å². The van der Waals surface area contributed by atoms with Crippen LogP contribution in [-0.4, -0.2) is 36.3 Å². The first-order valence-electron chi connectivity index (χ1n) is 6.31. The third-order valence-corrected chi connectivity index (χ3v) is 3.54. The lowest BCUT2D eigenvalue weighted by Gasteiger charge is -2.18. The Morgan fingerprint density at radius 3 is 2.42 bits per heavy atom. The third kappa shape index (κ3) is 4.35. The van der Waals surface area contributed by atoms with Crippen molar-refractivity contribution in [1.82, 2.24) is 10.2 Å². The highest BCUT2D eigenvalue weighted by Gasteiger charge is 2.13. The van der Waals surface area contributed by atoms with E-state index in [2.05, 4.69) is 21.2 Å². The average Bonchev–Trinajstić information content (AvgIpc) is 2.37. The van der Waals surface area contributed by atoms with Crippen LogP contribution in [0.15, 0.2) is 22.7 Å². The normalized spacial score (nSPS) is 10.1. The molecule has 1 aromatic rings. The summed E-state index contributed by atoms with van der Waals surface area (Å²) in [6, 6.07) is 5.49. The molecule has 0 heterocycles. The summed E-state index contributed by atoms with van der Waals surface area (Å²) in [7, 11) is 0. The van der Waals surface area contributed by atoms with E-state index in [-0.39, 0.29) is 18.4 Å². The van der Waals surface area contributed by atoms with E-state index in [4.69, 9.17) is 0 Å². The zero-order valence-electron chi connectivity index (χ0n) is 11.5. The quantitative estimate of drug-likeness (QED) is 0.903. The van der Waals surface area contributed by atoms with Gasteiger partial charge in [-0.1, -0.05) is 6.07 Å². The second-order valence-corrected chi connectivity index (χ2v) is 5.09. The second-order valence-electron chi connectivity index (χ2n) is 4.23. The van der Waals surface area contributed by atoms with Crippen LogP contribution < -0.4 is 5.32 Å². The Kier molecular flexibility index (Phi) is 6.02. The van der Waals surface area contributed by atoms with Crippen LogP contribution in [0.3, 0.4) is 0 Å². The predicted octanol–water partition coefficient (Wildman–Crippen LogP) is 2.36. The van der Waals surface area contributed by atoms with Crippen molar-refractivity contribution in [2.24, 2.45) is 0 Å². The van der Waals surface area contributed by atoms with Crippen molar-refractivity contribution >= 4 is 27.7 Å². The van der Waals surface area contributed by atoms with Gasteiger partial charge in [0.1, 0.15) is 0 Å². The number of halogens is 1. The van der Waals surface area contributed by atoms with Crippen LogP contribution in [0.5, 0.6) is 0 Å². The standard InChI is InChI=1S/C14H19BrN2O2/c1-4-17(5-2)13(18)9-16-14(19)11-7-6-10(3)8-12(11)15/h6-8H,4-5,9H2,1-3H3,(H,16,19). The molecule has 0 aliphatic rings. The summed E-state index contributed by atoms with van der Waals surface area (Å²) < 4.78 is 0.736. The molecular weight excluding hydrogens is 308 g/mol. The Labute approximate surface area is 122 Å². The maximum absolute atomic E-state index is 12.0. The van der Waals surface area contributed by atoms with E-state index in [1.807, 2.05) is 32.9 Å². The van der Waals surface area contributed by atoms with Gasteiger partial charge in [0.05, 0.1) is 12.1 Å². The topological polar surface area (TPSA) is 49.4 Å². The Morgan fingerprint density at radius 1 is 1.26 bits per heavy atom. The van der Waals surface area contributed by atoms with Gasteiger partial charge in [-0.3, -0.25) is 9.59 Å². The fourth-order valence-corrected chi connectivity index (χ4v) is 2.42. The summed E-state index contributed by atoms with van der Waals surface area (Å²) in [5.74, 6) is -0.311. The van der Waals surface area contributed by atoms with Gasteiger partial charge in [-0.2, -0.15) is 0 Å².